The molecule has 4 aliphatic rings. The van der Waals surface area contributed by atoms with Gasteiger partial charge in [0.1, 0.15) is 0 Å². The van der Waals surface area contributed by atoms with E-state index in [1.54, 1.807) is 6.33 Å². The zero-order valence-corrected chi connectivity index (χ0v) is 11.9. The first-order chi connectivity index (χ1) is 9.70. The summed E-state index contributed by atoms with van der Waals surface area (Å²) < 4.78 is 0. The molecule has 3 N–H and O–H groups in total. The number of nitrogens with two attached hydrogens (primary N) is 1. The summed E-state index contributed by atoms with van der Waals surface area (Å²) in [5.74, 6) is 2.61. The molecule has 0 unspecified atom stereocenters. The Bertz CT molecular complexity index is 542. The van der Waals surface area contributed by atoms with Crippen molar-refractivity contribution in [3.63, 3.8) is 0 Å². The molecule has 0 radical (unpaired) electrons. The van der Waals surface area contributed by atoms with Crippen LogP contribution in [-0.4, -0.2) is 16.5 Å². The predicted octanol–water partition coefficient (Wildman–Crippen LogP) is 1.74. The normalized spacial score (nSPS) is 38.4. The molecule has 5 rings (SSSR count). The highest BCUT2D eigenvalue weighted by Crippen LogP contribution is 2.60. The molecule has 0 amide bonds. The first-order valence-electron chi connectivity index (χ1n) is 7.97. The molecular formula is C16H23N3O. The zero-order chi connectivity index (χ0) is 13.7. The lowest BCUT2D eigenvalue weighted by Gasteiger charge is -2.56. The first-order valence-corrected chi connectivity index (χ1v) is 7.97. The van der Waals surface area contributed by atoms with Crippen LogP contribution in [0.4, 0.5) is 0 Å². The quantitative estimate of drug-likeness (QED) is 0.881. The molecule has 0 aliphatic heterocycles. The highest BCUT2D eigenvalue weighted by Gasteiger charge is 2.53. The number of hydrogen-bond acceptors (Lipinski definition) is 3. The third-order valence-corrected chi connectivity index (χ3v) is 5.88. The zero-order valence-electron chi connectivity index (χ0n) is 11.9. The number of rotatable bonds is 3. The standard InChI is InChI=1S/C16H23N3O/c17-2-1-13-14(18-9-19-15(13)20)16-6-10-3-11(7-16)5-12(4-10)8-16/h9-12H,1-8,17H2,(H,18,19,20). The van der Waals surface area contributed by atoms with Crippen molar-refractivity contribution < 1.29 is 0 Å². The van der Waals surface area contributed by atoms with E-state index >= 15 is 0 Å². The van der Waals surface area contributed by atoms with Gasteiger partial charge in [-0.1, -0.05) is 0 Å². The molecule has 1 aromatic heterocycles. The second-order valence-electron chi connectivity index (χ2n) is 7.30. The molecular weight excluding hydrogens is 250 g/mol. The topological polar surface area (TPSA) is 71.8 Å². The third-order valence-electron chi connectivity index (χ3n) is 5.88. The molecule has 108 valence electrons. The molecule has 20 heavy (non-hydrogen) atoms. The Hall–Kier alpha value is -1.16. The van der Waals surface area contributed by atoms with E-state index in [9.17, 15) is 4.79 Å². The lowest BCUT2D eigenvalue weighted by molar-refractivity contribution is -0.00775. The molecule has 1 heterocycles. The van der Waals surface area contributed by atoms with Gasteiger partial charge in [-0.25, -0.2) is 4.98 Å². The smallest absolute Gasteiger partial charge is 0.254 e. The van der Waals surface area contributed by atoms with E-state index in [1.807, 2.05) is 0 Å². The maximum Gasteiger partial charge on any atom is 0.254 e. The largest absolute Gasteiger partial charge is 0.330 e. The summed E-state index contributed by atoms with van der Waals surface area (Å²) in [7, 11) is 0. The predicted molar refractivity (Wildman–Crippen MR) is 77.5 cm³/mol. The van der Waals surface area contributed by atoms with Crippen LogP contribution < -0.4 is 11.3 Å². The van der Waals surface area contributed by atoms with Crippen LogP contribution in [0.2, 0.25) is 0 Å². The molecule has 0 spiro atoms. The van der Waals surface area contributed by atoms with Crippen molar-refractivity contribution >= 4 is 0 Å². The van der Waals surface area contributed by atoms with Crippen LogP contribution in [0.1, 0.15) is 49.8 Å². The maximum atomic E-state index is 12.2. The van der Waals surface area contributed by atoms with Crippen molar-refractivity contribution in [2.45, 2.75) is 50.4 Å². The Morgan fingerprint density at radius 3 is 2.35 bits per heavy atom. The average molecular weight is 273 g/mol. The van der Waals surface area contributed by atoms with Crippen LogP contribution in [-0.2, 0) is 11.8 Å². The second kappa shape index (κ2) is 4.42. The number of nitrogens with one attached hydrogen (secondary N) is 1. The van der Waals surface area contributed by atoms with E-state index in [-0.39, 0.29) is 11.0 Å². The number of H-pyrrole nitrogens is 1. The molecule has 4 fully saturated rings. The summed E-state index contributed by atoms with van der Waals surface area (Å²) in [4.78, 5) is 19.5. The molecule has 0 aromatic carbocycles. The van der Waals surface area contributed by atoms with Crippen molar-refractivity contribution in [3.05, 3.63) is 27.9 Å². The summed E-state index contributed by atoms with van der Waals surface area (Å²) in [6.07, 6.45) is 10.2. The van der Waals surface area contributed by atoms with Gasteiger partial charge in [0.2, 0.25) is 0 Å². The average Bonchev–Trinajstić information content (AvgIpc) is 2.39. The van der Waals surface area contributed by atoms with Gasteiger partial charge in [0, 0.05) is 11.0 Å². The van der Waals surface area contributed by atoms with Gasteiger partial charge >= 0.3 is 0 Å². The minimum atomic E-state index is 0.0243. The van der Waals surface area contributed by atoms with Crippen LogP contribution in [0.5, 0.6) is 0 Å². The van der Waals surface area contributed by atoms with Crippen LogP contribution in [0.25, 0.3) is 0 Å². The second-order valence-corrected chi connectivity index (χ2v) is 7.30. The summed E-state index contributed by atoms with van der Waals surface area (Å²) in [5.41, 5.74) is 7.87. The number of aromatic amines is 1. The van der Waals surface area contributed by atoms with Gasteiger partial charge in [-0.15, -0.1) is 0 Å². The lowest BCUT2D eigenvalue weighted by atomic mass is 9.48. The van der Waals surface area contributed by atoms with Gasteiger partial charge in [-0.2, -0.15) is 0 Å². The summed E-state index contributed by atoms with van der Waals surface area (Å²) >= 11 is 0. The van der Waals surface area contributed by atoms with Gasteiger partial charge in [0.05, 0.1) is 12.0 Å². The molecule has 4 heteroatoms. The van der Waals surface area contributed by atoms with Crippen molar-refractivity contribution in [3.8, 4) is 0 Å². The van der Waals surface area contributed by atoms with Gasteiger partial charge in [-0.05, 0) is 69.2 Å². The number of hydrogen-bond donors (Lipinski definition) is 2. The van der Waals surface area contributed by atoms with Crippen molar-refractivity contribution in [2.24, 2.45) is 23.5 Å². The monoisotopic (exact) mass is 273 g/mol. The highest BCUT2D eigenvalue weighted by molar-refractivity contribution is 5.29. The number of aromatic nitrogens is 2. The van der Waals surface area contributed by atoms with E-state index in [1.165, 1.54) is 38.5 Å². The van der Waals surface area contributed by atoms with Crippen LogP contribution in [0.15, 0.2) is 11.1 Å². The summed E-state index contributed by atoms with van der Waals surface area (Å²) in [5, 5.41) is 0. The lowest BCUT2D eigenvalue weighted by Crippen LogP contribution is -2.50. The molecule has 4 saturated carbocycles. The van der Waals surface area contributed by atoms with Gasteiger partial charge in [-0.3, -0.25) is 4.79 Å². The van der Waals surface area contributed by atoms with Crippen LogP contribution in [0.3, 0.4) is 0 Å². The summed E-state index contributed by atoms with van der Waals surface area (Å²) in [6.45, 7) is 0.522. The SMILES string of the molecule is NCCc1c(C23CC4CC(CC(C4)C2)C3)nc[nH]c1=O. The molecule has 4 bridgehead atoms. The molecule has 1 aromatic rings. The first kappa shape index (κ1) is 12.6. The number of nitrogens with zero attached hydrogens (tertiary/aromatic N) is 1. The molecule has 4 nitrogen and oxygen atoms in total. The fourth-order valence-corrected chi connectivity index (χ4v) is 5.66. The van der Waals surface area contributed by atoms with E-state index in [2.05, 4.69) is 9.97 Å². The van der Waals surface area contributed by atoms with E-state index in [0.29, 0.717) is 13.0 Å². The Morgan fingerprint density at radius 2 is 1.80 bits per heavy atom. The fourth-order valence-electron chi connectivity index (χ4n) is 5.66. The van der Waals surface area contributed by atoms with Crippen molar-refractivity contribution in [2.75, 3.05) is 6.54 Å². The summed E-state index contributed by atoms with van der Waals surface area (Å²) in [6, 6.07) is 0. The van der Waals surface area contributed by atoms with Gasteiger partial charge < -0.3 is 10.7 Å². The molecule has 0 atom stereocenters. The van der Waals surface area contributed by atoms with Gasteiger partial charge in [0.25, 0.3) is 5.56 Å². The van der Waals surface area contributed by atoms with Gasteiger partial charge in [0.15, 0.2) is 0 Å². The third kappa shape index (κ3) is 1.77. The Labute approximate surface area is 119 Å². The van der Waals surface area contributed by atoms with Crippen molar-refractivity contribution in [1.82, 2.24) is 9.97 Å². The fraction of sp³-hybridized carbons (Fsp3) is 0.750. The van der Waals surface area contributed by atoms with E-state index < -0.39 is 0 Å². The van der Waals surface area contributed by atoms with Crippen molar-refractivity contribution in [1.29, 1.82) is 0 Å². The maximum absolute atomic E-state index is 12.2. The van der Waals surface area contributed by atoms with Crippen LogP contribution >= 0.6 is 0 Å². The van der Waals surface area contributed by atoms with E-state index in [0.717, 1.165) is 29.0 Å². The Morgan fingerprint density at radius 1 is 1.20 bits per heavy atom. The Kier molecular flexibility index (Phi) is 2.78. The molecule has 4 aliphatic carbocycles. The van der Waals surface area contributed by atoms with E-state index in [4.69, 9.17) is 5.73 Å². The van der Waals surface area contributed by atoms with Crippen LogP contribution in [0, 0.1) is 17.8 Å². The highest BCUT2D eigenvalue weighted by atomic mass is 16.1. The Balaban J connectivity index is 1.81. The minimum absolute atomic E-state index is 0.0243. The minimum Gasteiger partial charge on any atom is -0.330 e. The molecule has 0 saturated heterocycles.